The molecule has 0 bridgehead atoms. The molecule has 0 fully saturated rings. The number of nitrogens with zero attached hydrogens (tertiary/aromatic N) is 1. The molecule has 0 rings (SSSR count). The van der Waals surface area contributed by atoms with E-state index in [9.17, 15) is 19.0 Å². The summed E-state index contributed by atoms with van der Waals surface area (Å²) in [5.74, 6) is -0.558. The number of carbonyl (C=O) groups is 2. The Labute approximate surface area is 439 Å². The number of unbranched alkanes of at least 4 members (excludes halogenated alkanes) is 30. The van der Waals surface area contributed by atoms with Gasteiger partial charge in [-0.3, -0.25) is 14.2 Å². The van der Waals surface area contributed by atoms with Gasteiger partial charge in [0, 0.05) is 12.8 Å². The Balaban J connectivity index is 5.28. The highest BCUT2D eigenvalue weighted by Gasteiger charge is 2.27. The fourth-order valence-corrected chi connectivity index (χ4v) is 9.03. The number of amides is 1. The molecule has 0 aromatic carbocycles. The summed E-state index contributed by atoms with van der Waals surface area (Å²) < 4.78 is 30.2. The summed E-state index contributed by atoms with van der Waals surface area (Å²) in [6, 6.07) is -0.896. The third kappa shape index (κ3) is 52.4. The fraction of sp³-hybridized carbons (Fsp3) is 0.803. The first kappa shape index (κ1) is 68.7. The van der Waals surface area contributed by atoms with E-state index in [2.05, 4.69) is 74.7 Å². The number of nitrogens with one attached hydrogen (secondary N) is 1. The third-order valence-electron chi connectivity index (χ3n) is 12.9. The van der Waals surface area contributed by atoms with Crippen LogP contribution in [0.1, 0.15) is 265 Å². The maximum absolute atomic E-state index is 13.5. The molecule has 1 amide bonds. The lowest BCUT2D eigenvalue weighted by molar-refractivity contribution is -0.870. The van der Waals surface area contributed by atoms with Crippen molar-refractivity contribution in [3.05, 3.63) is 60.8 Å². The second-order valence-corrected chi connectivity index (χ2v) is 22.6. The van der Waals surface area contributed by atoms with Gasteiger partial charge in [0.1, 0.15) is 19.3 Å². The van der Waals surface area contributed by atoms with E-state index in [-0.39, 0.29) is 24.9 Å². The summed E-state index contributed by atoms with van der Waals surface area (Å²) in [5.41, 5.74) is 0. The number of rotatable bonds is 53. The van der Waals surface area contributed by atoms with Gasteiger partial charge in [0.15, 0.2) is 0 Å². The summed E-state index contributed by atoms with van der Waals surface area (Å²) in [7, 11) is 1.17. The van der Waals surface area contributed by atoms with Gasteiger partial charge in [0.05, 0.1) is 33.8 Å². The molecule has 0 aliphatic rings. The van der Waals surface area contributed by atoms with E-state index in [0.29, 0.717) is 17.4 Å². The highest BCUT2D eigenvalue weighted by atomic mass is 31.2. The van der Waals surface area contributed by atoms with Crippen LogP contribution < -0.4 is 10.2 Å². The molecule has 0 heterocycles. The number of esters is 1. The van der Waals surface area contributed by atoms with Crippen LogP contribution in [0.4, 0.5) is 0 Å². The van der Waals surface area contributed by atoms with Crippen molar-refractivity contribution >= 4 is 19.7 Å². The lowest BCUT2D eigenvalue weighted by Gasteiger charge is -2.30. The maximum Gasteiger partial charge on any atom is 0.306 e. The van der Waals surface area contributed by atoms with Gasteiger partial charge in [-0.2, -0.15) is 0 Å². The number of phosphoric ester groups is 1. The quantitative estimate of drug-likeness (QED) is 0.0161. The van der Waals surface area contributed by atoms with Gasteiger partial charge in [0.2, 0.25) is 5.91 Å². The zero-order valence-corrected chi connectivity index (χ0v) is 48.1. The molecule has 3 atom stereocenters. The average molecular weight is 1020 g/mol. The Kier molecular flexibility index (Phi) is 49.6. The van der Waals surface area contributed by atoms with Gasteiger partial charge in [-0.1, -0.05) is 223 Å². The Morgan fingerprint density at radius 1 is 0.507 bits per heavy atom. The lowest BCUT2D eigenvalue weighted by atomic mass is 10.0. The van der Waals surface area contributed by atoms with Crippen molar-refractivity contribution in [1.82, 2.24) is 5.32 Å². The summed E-state index contributed by atoms with van der Waals surface area (Å²) in [5, 5.41) is 3.01. The van der Waals surface area contributed by atoms with Gasteiger partial charge >= 0.3 is 5.97 Å². The van der Waals surface area contributed by atoms with Crippen molar-refractivity contribution < 1.29 is 37.3 Å². The molecule has 10 heteroatoms. The molecule has 0 aromatic rings. The van der Waals surface area contributed by atoms with Crippen molar-refractivity contribution in [2.24, 2.45) is 0 Å². The van der Waals surface area contributed by atoms with Crippen LogP contribution in [0.25, 0.3) is 0 Å². The van der Waals surface area contributed by atoms with Crippen LogP contribution in [0.3, 0.4) is 0 Å². The first-order valence-corrected chi connectivity index (χ1v) is 31.1. The second-order valence-electron chi connectivity index (χ2n) is 21.2. The summed E-state index contributed by atoms with van der Waals surface area (Å²) in [6.07, 6.45) is 63.2. The van der Waals surface area contributed by atoms with Crippen molar-refractivity contribution in [1.29, 1.82) is 0 Å². The van der Waals surface area contributed by atoms with Crippen molar-refractivity contribution in [2.45, 2.75) is 277 Å². The minimum atomic E-state index is -4.70. The van der Waals surface area contributed by atoms with Crippen LogP contribution in [0.15, 0.2) is 60.8 Å². The lowest BCUT2D eigenvalue weighted by Crippen LogP contribution is -2.47. The number of carbonyl (C=O) groups excluding carboxylic acids is 2. The predicted molar refractivity (Wildman–Crippen MR) is 302 cm³/mol. The topological polar surface area (TPSA) is 114 Å². The van der Waals surface area contributed by atoms with Gasteiger partial charge < -0.3 is 28.5 Å². The van der Waals surface area contributed by atoms with Gasteiger partial charge in [-0.15, -0.1) is 0 Å². The third-order valence-corrected chi connectivity index (χ3v) is 13.9. The Hall–Kier alpha value is -2.29. The molecule has 0 saturated heterocycles. The van der Waals surface area contributed by atoms with Crippen LogP contribution in [0, 0.1) is 0 Å². The van der Waals surface area contributed by atoms with E-state index in [1.807, 2.05) is 33.3 Å². The number of allylic oxidation sites excluding steroid dienone is 9. The van der Waals surface area contributed by atoms with Crippen molar-refractivity contribution in [2.75, 3.05) is 40.9 Å². The zero-order chi connectivity index (χ0) is 52.2. The molecule has 3 unspecified atom stereocenters. The van der Waals surface area contributed by atoms with Crippen LogP contribution in [0.2, 0.25) is 0 Å². The number of hydrogen-bond donors (Lipinski definition) is 1. The molecule has 0 radical (unpaired) electrons. The van der Waals surface area contributed by atoms with Crippen LogP contribution >= 0.6 is 7.82 Å². The fourth-order valence-electron chi connectivity index (χ4n) is 8.31. The van der Waals surface area contributed by atoms with Crippen molar-refractivity contribution in [3.63, 3.8) is 0 Å². The molecular formula is C61H113N2O7P. The minimum Gasteiger partial charge on any atom is -0.756 e. The van der Waals surface area contributed by atoms with E-state index >= 15 is 0 Å². The monoisotopic (exact) mass is 1020 g/mol. The van der Waals surface area contributed by atoms with Gasteiger partial charge in [0.25, 0.3) is 7.82 Å². The molecule has 1 N–H and O–H groups in total. The number of hydrogen-bond acceptors (Lipinski definition) is 7. The minimum absolute atomic E-state index is 0.0266. The molecule has 0 aromatic heterocycles. The first-order valence-electron chi connectivity index (χ1n) is 29.6. The highest BCUT2D eigenvalue weighted by molar-refractivity contribution is 7.45. The normalized spacial score (nSPS) is 14.2. The standard InChI is InChI=1S/C61H113N2O7P/c1-7-10-13-16-19-22-25-27-29-30-31-32-34-36-39-42-45-48-51-54-61(65)70-59(52-49-46-43-40-37-24-21-18-15-12-9-3)58(57-69-71(66,67)68-56-55-63(4,5)6)62-60(64)53-50-47-44-41-38-35-33-28-26-23-20-17-14-11-8-2/h19-20,22-23,26-29,49,52,58-59H,7-18,21,24-25,30-48,50-51,53-57H2,1-6H3,(H-,62,64,66,67)/b22-19-,23-20+,28-26+,29-27-,52-49+. The largest absolute Gasteiger partial charge is 0.756 e. The summed E-state index contributed by atoms with van der Waals surface area (Å²) in [4.78, 5) is 39.9. The Morgan fingerprint density at radius 2 is 0.901 bits per heavy atom. The molecular weight excluding hydrogens is 904 g/mol. The highest BCUT2D eigenvalue weighted by Crippen LogP contribution is 2.38. The SMILES string of the molecule is CCCCC/C=C\C/C=C\CCCCCCCCCCCC(=O)OC(/C=C/CCCCCCCCCCC)C(COP(=O)([O-])OCC[N+](C)(C)C)NC(=O)CCCCCCCC/C=C/C=C/CCCCC. The molecule has 0 saturated carbocycles. The van der Waals surface area contributed by atoms with Crippen LogP contribution in [-0.4, -0.2) is 69.4 Å². The number of phosphoric acid groups is 1. The van der Waals surface area contributed by atoms with Gasteiger partial charge in [-0.25, -0.2) is 0 Å². The van der Waals surface area contributed by atoms with E-state index in [0.717, 1.165) is 109 Å². The molecule has 9 nitrogen and oxygen atoms in total. The number of likely N-dealkylation sites (N-methyl/N-ethyl adjacent to an activating group) is 1. The van der Waals surface area contributed by atoms with E-state index in [1.165, 1.54) is 122 Å². The predicted octanol–water partition coefficient (Wildman–Crippen LogP) is 17.3. The van der Waals surface area contributed by atoms with Crippen LogP contribution in [-0.2, 0) is 27.9 Å². The molecule has 0 aliphatic carbocycles. The summed E-state index contributed by atoms with van der Waals surface area (Å²) in [6.45, 7) is 6.77. The zero-order valence-electron chi connectivity index (χ0n) is 47.2. The van der Waals surface area contributed by atoms with Gasteiger partial charge in [-0.05, 0) is 89.5 Å². The average Bonchev–Trinajstić information content (AvgIpc) is 3.33. The maximum atomic E-state index is 13.5. The molecule has 0 aliphatic heterocycles. The Bertz CT molecular complexity index is 1400. The number of ether oxygens (including phenoxy) is 1. The molecule has 71 heavy (non-hydrogen) atoms. The Morgan fingerprint density at radius 3 is 1.38 bits per heavy atom. The molecule has 0 spiro atoms. The first-order chi connectivity index (χ1) is 34.4. The summed E-state index contributed by atoms with van der Waals surface area (Å²) >= 11 is 0. The van der Waals surface area contributed by atoms with E-state index < -0.39 is 26.6 Å². The number of quaternary nitrogens is 1. The second kappa shape index (κ2) is 51.2. The van der Waals surface area contributed by atoms with Crippen LogP contribution in [0.5, 0.6) is 0 Å². The van der Waals surface area contributed by atoms with E-state index in [1.54, 1.807) is 0 Å². The smallest absolute Gasteiger partial charge is 0.306 e. The molecule has 414 valence electrons. The van der Waals surface area contributed by atoms with Crippen molar-refractivity contribution in [3.8, 4) is 0 Å². The van der Waals surface area contributed by atoms with E-state index in [4.69, 9.17) is 13.8 Å².